The van der Waals surface area contributed by atoms with Gasteiger partial charge in [-0.1, -0.05) is 0 Å². The highest BCUT2D eigenvalue weighted by Crippen LogP contribution is 2.12. The number of esters is 1. The zero-order chi connectivity index (χ0) is 16.3. The second kappa shape index (κ2) is 10.8. The van der Waals surface area contributed by atoms with Crippen LogP contribution in [0.3, 0.4) is 0 Å². The van der Waals surface area contributed by atoms with E-state index in [0.29, 0.717) is 5.06 Å². The highest BCUT2D eigenvalue weighted by atomic mass is 16.7. The van der Waals surface area contributed by atoms with Crippen molar-refractivity contribution < 1.29 is 33.5 Å². The van der Waals surface area contributed by atoms with Gasteiger partial charge in [-0.05, 0) is 13.8 Å². The third-order valence-electron chi connectivity index (χ3n) is 2.37. The number of methoxy groups -OCH3 is 1. The Labute approximate surface area is 123 Å². The summed E-state index contributed by atoms with van der Waals surface area (Å²) in [6.07, 6.45) is -0.290. The summed E-state index contributed by atoms with van der Waals surface area (Å²) in [5, 5.41) is 0.444. The summed E-state index contributed by atoms with van der Waals surface area (Å²) in [7, 11) is 1.20. The summed E-state index contributed by atoms with van der Waals surface area (Å²) < 4.78 is 9.15. The predicted octanol–water partition coefficient (Wildman–Crippen LogP) is 0.590. The Morgan fingerprint density at radius 1 is 1.00 bits per heavy atom. The number of carbonyl (C=O) groups excluding carboxylic acids is 4. The summed E-state index contributed by atoms with van der Waals surface area (Å²) in [4.78, 5) is 48.5. The first-order chi connectivity index (χ1) is 9.96. The smallest absolute Gasteiger partial charge is 0.333 e. The minimum Gasteiger partial charge on any atom is -0.469 e. The fourth-order valence-corrected chi connectivity index (χ4v) is 1.32. The maximum Gasteiger partial charge on any atom is 0.333 e. The number of amides is 2. The van der Waals surface area contributed by atoms with Crippen molar-refractivity contribution in [3.05, 3.63) is 0 Å². The van der Waals surface area contributed by atoms with Crippen LogP contribution in [0.5, 0.6) is 0 Å². The van der Waals surface area contributed by atoms with Crippen molar-refractivity contribution in [1.82, 2.24) is 5.06 Å². The maximum atomic E-state index is 11.1. The van der Waals surface area contributed by atoms with Gasteiger partial charge in [-0.3, -0.25) is 14.4 Å². The van der Waals surface area contributed by atoms with Crippen LogP contribution in [0.1, 0.15) is 39.5 Å². The molecule has 0 radical (unpaired) electrons. The lowest BCUT2D eigenvalue weighted by Crippen LogP contribution is -2.32. The highest BCUT2D eigenvalue weighted by Gasteiger charge is 2.32. The molecule has 1 fully saturated rings. The van der Waals surface area contributed by atoms with Crippen molar-refractivity contribution in [3.63, 3.8) is 0 Å². The molecule has 0 aromatic rings. The van der Waals surface area contributed by atoms with Crippen LogP contribution < -0.4 is 0 Å². The molecule has 0 aliphatic carbocycles. The van der Waals surface area contributed by atoms with Gasteiger partial charge in [0.2, 0.25) is 0 Å². The third-order valence-corrected chi connectivity index (χ3v) is 2.37. The Balaban J connectivity index is 0.000000690. The van der Waals surface area contributed by atoms with E-state index in [-0.39, 0.29) is 25.7 Å². The second-order valence-corrected chi connectivity index (χ2v) is 3.90. The van der Waals surface area contributed by atoms with Gasteiger partial charge in [-0.15, -0.1) is 5.06 Å². The van der Waals surface area contributed by atoms with Gasteiger partial charge in [0.15, 0.2) is 0 Å². The summed E-state index contributed by atoms with van der Waals surface area (Å²) in [5.41, 5.74) is 0. The first-order valence-electron chi connectivity index (χ1n) is 6.67. The summed E-state index contributed by atoms with van der Waals surface area (Å²) in [6.45, 7) is 5.67. The lowest BCUT2D eigenvalue weighted by molar-refractivity contribution is -0.197. The molecule has 1 rings (SSSR count). The van der Waals surface area contributed by atoms with Crippen molar-refractivity contribution in [2.45, 2.75) is 39.5 Å². The van der Waals surface area contributed by atoms with E-state index in [0.717, 1.165) is 13.2 Å². The van der Waals surface area contributed by atoms with Gasteiger partial charge in [0.05, 0.1) is 20.0 Å². The molecule has 1 saturated heterocycles. The fraction of sp³-hybridized carbons (Fsp3) is 0.692. The minimum atomic E-state index is -0.811. The average Bonchev–Trinajstić information content (AvgIpc) is 2.78. The van der Waals surface area contributed by atoms with E-state index in [4.69, 9.17) is 4.74 Å². The Kier molecular flexibility index (Phi) is 9.78. The minimum absolute atomic E-state index is 0.0448. The van der Waals surface area contributed by atoms with Gasteiger partial charge in [-0.25, -0.2) is 4.79 Å². The Morgan fingerprint density at radius 2 is 1.48 bits per heavy atom. The Bertz CT molecular complexity index is 363. The maximum absolute atomic E-state index is 11.1. The van der Waals surface area contributed by atoms with Gasteiger partial charge in [0, 0.05) is 26.1 Å². The number of carbonyl (C=O) groups is 4. The van der Waals surface area contributed by atoms with Crippen LogP contribution in [-0.4, -0.2) is 49.1 Å². The van der Waals surface area contributed by atoms with E-state index in [2.05, 4.69) is 9.57 Å². The number of hydrogen-bond donors (Lipinski definition) is 0. The Morgan fingerprint density at radius 3 is 1.86 bits per heavy atom. The molecule has 8 heteroatoms. The number of nitrogens with zero attached hydrogens (tertiary/aromatic N) is 1. The van der Waals surface area contributed by atoms with E-state index in [1.165, 1.54) is 7.11 Å². The number of imide groups is 1. The van der Waals surface area contributed by atoms with Crippen molar-refractivity contribution in [2.75, 3.05) is 20.3 Å². The van der Waals surface area contributed by atoms with Crippen LogP contribution in [0, 0.1) is 0 Å². The predicted molar refractivity (Wildman–Crippen MR) is 70.6 cm³/mol. The van der Waals surface area contributed by atoms with Gasteiger partial charge in [0.1, 0.15) is 0 Å². The molecule has 0 N–H and O–H groups in total. The molecule has 2 amide bonds. The molecule has 0 spiro atoms. The van der Waals surface area contributed by atoms with Crippen molar-refractivity contribution in [3.8, 4) is 0 Å². The average molecular weight is 303 g/mol. The van der Waals surface area contributed by atoms with Crippen LogP contribution in [0.25, 0.3) is 0 Å². The van der Waals surface area contributed by atoms with Gasteiger partial charge in [0.25, 0.3) is 11.8 Å². The molecule has 1 aliphatic heterocycles. The molecule has 0 saturated carbocycles. The quantitative estimate of drug-likeness (QED) is 0.523. The molecule has 0 aromatic heterocycles. The van der Waals surface area contributed by atoms with Crippen LogP contribution in [0.4, 0.5) is 0 Å². The largest absolute Gasteiger partial charge is 0.469 e. The summed E-state index contributed by atoms with van der Waals surface area (Å²) in [6, 6.07) is 0. The lowest BCUT2D eigenvalue weighted by Gasteiger charge is -2.11. The summed E-state index contributed by atoms with van der Waals surface area (Å²) in [5.74, 6) is -2.46. The SMILES string of the molecule is CCOCC.COC(=O)CCC(=O)ON1C(=O)CCC1=O. The molecular formula is C13H21NO7. The molecule has 1 aliphatic rings. The zero-order valence-electron chi connectivity index (χ0n) is 12.5. The number of hydroxylamine groups is 2. The van der Waals surface area contributed by atoms with Gasteiger partial charge in [-0.2, -0.15) is 0 Å². The van der Waals surface area contributed by atoms with Crippen molar-refractivity contribution >= 4 is 23.8 Å². The zero-order valence-corrected chi connectivity index (χ0v) is 12.5. The molecule has 0 atom stereocenters. The molecule has 8 nitrogen and oxygen atoms in total. The highest BCUT2D eigenvalue weighted by molar-refractivity contribution is 6.01. The summed E-state index contributed by atoms with van der Waals surface area (Å²) >= 11 is 0. The first kappa shape index (κ1) is 19.0. The molecule has 120 valence electrons. The molecule has 0 unspecified atom stereocenters. The third kappa shape index (κ3) is 8.03. The lowest BCUT2D eigenvalue weighted by atomic mass is 10.3. The van der Waals surface area contributed by atoms with Crippen LogP contribution in [0.15, 0.2) is 0 Å². The Hall–Kier alpha value is -1.96. The van der Waals surface area contributed by atoms with E-state index in [9.17, 15) is 19.2 Å². The molecule has 0 aromatic carbocycles. The second-order valence-electron chi connectivity index (χ2n) is 3.90. The van der Waals surface area contributed by atoms with Crippen molar-refractivity contribution in [2.24, 2.45) is 0 Å². The first-order valence-corrected chi connectivity index (χ1v) is 6.67. The number of hydrogen-bond acceptors (Lipinski definition) is 7. The number of ether oxygens (including phenoxy) is 2. The molecular weight excluding hydrogens is 282 g/mol. The normalized spacial score (nSPS) is 13.6. The van der Waals surface area contributed by atoms with E-state index in [1.54, 1.807) is 0 Å². The van der Waals surface area contributed by atoms with Crippen LogP contribution >= 0.6 is 0 Å². The molecule has 21 heavy (non-hydrogen) atoms. The number of rotatable bonds is 6. The van der Waals surface area contributed by atoms with Crippen LogP contribution in [0.2, 0.25) is 0 Å². The van der Waals surface area contributed by atoms with E-state index >= 15 is 0 Å². The monoisotopic (exact) mass is 303 g/mol. The van der Waals surface area contributed by atoms with E-state index < -0.39 is 23.8 Å². The van der Waals surface area contributed by atoms with Gasteiger partial charge >= 0.3 is 11.9 Å². The topological polar surface area (TPSA) is 99.2 Å². The molecule has 0 bridgehead atoms. The standard InChI is InChI=1S/C9H11NO6.C4H10O/c1-15-8(13)4-5-9(14)16-10-6(11)2-3-7(10)12;1-3-5-4-2/h2-5H2,1H3;3-4H2,1-2H3. The van der Waals surface area contributed by atoms with Crippen LogP contribution in [-0.2, 0) is 33.5 Å². The molecule has 1 heterocycles. The fourth-order valence-electron chi connectivity index (χ4n) is 1.32. The van der Waals surface area contributed by atoms with Gasteiger partial charge < -0.3 is 14.3 Å². The van der Waals surface area contributed by atoms with Crippen molar-refractivity contribution in [1.29, 1.82) is 0 Å². The van der Waals surface area contributed by atoms with E-state index in [1.807, 2.05) is 13.8 Å².